The van der Waals surface area contributed by atoms with E-state index in [1.807, 2.05) is 0 Å². The molecule has 4 rings (SSSR count). The number of pyridine rings is 1. The normalized spacial score (nSPS) is 15.2. The van der Waals surface area contributed by atoms with Crippen molar-refractivity contribution in [2.75, 3.05) is 32.1 Å². The van der Waals surface area contributed by atoms with E-state index in [1.54, 1.807) is 43.6 Å². The zero-order valence-electron chi connectivity index (χ0n) is 16.5. The molecule has 0 unspecified atom stereocenters. The molecule has 1 N–H and O–H groups in total. The van der Waals surface area contributed by atoms with Crippen LogP contribution in [0.5, 0.6) is 0 Å². The number of hydrogen-bond acceptors (Lipinski definition) is 8. The van der Waals surface area contributed by atoms with Crippen molar-refractivity contribution >= 4 is 28.2 Å². The number of ether oxygens (including phenoxy) is 1. The van der Waals surface area contributed by atoms with Crippen LogP contribution in [-0.2, 0) is 9.53 Å². The van der Waals surface area contributed by atoms with Gasteiger partial charge in [0.1, 0.15) is 16.3 Å². The summed E-state index contributed by atoms with van der Waals surface area (Å²) in [7, 11) is 1.72. The average Bonchev–Trinajstić information content (AvgIpc) is 3.44. The number of aromatic nitrogens is 2. The monoisotopic (exact) mass is 426 g/mol. The van der Waals surface area contributed by atoms with Crippen LogP contribution in [0.4, 0.5) is 5.13 Å². The molecule has 0 spiro atoms. The van der Waals surface area contributed by atoms with Gasteiger partial charge in [-0.25, -0.2) is 4.98 Å². The summed E-state index contributed by atoms with van der Waals surface area (Å²) < 4.78 is 10.8. The van der Waals surface area contributed by atoms with Crippen LogP contribution in [0.25, 0.3) is 11.5 Å². The van der Waals surface area contributed by atoms with Gasteiger partial charge in [-0.2, -0.15) is 0 Å². The lowest BCUT2D eigenvalue weighted by Gasteiger charge is -2.30. The van der Waals surface area contributed by atoms with Crippen molar-refractivity contribution in [2.24, 2.45) is 0 Å². The fourth-order valence-corrected chi connectivity index (χ4v) is 4.32. The zero-order chi connectivity index (χ0) is 20.9. The van der Waals surface area contributed by atoms with Gasteiger partial charge in [-0.3, -0.25) is 19.5 Å². The van der Waals surface area contributed by atoms with Crippen LogP contribution in [0, 0.1) is 0 Å². The lowest BCUT2D eigenvalue weighted by molar-refractivity contribution is -0.117. The molecule has 156 valence electrons. The molecule has 1 aliphatic heterocycles. The third-order valence-corrected chi connectivity index (χ3v) is 5.94. The van der Waals surface area contributed by atoms with E-state index in [4.69, 9.17) is 9.15 Å². The molecule has 1 aliphatic rings. The molecule has 1 amide bonds. The molecule has 9 heteroatoms. The van der Waals surface area contributed by atoms with E-state index in [9.17, 15) is 9.59 Å². The molecule has 0 atom stereocenters. The summed E-state index contributed by atoms with van der Waals surface area (Å²) in [6.45, 7) is 1.89. The quantitative estimate of drug-likeness (QED) is 0.580. The Morgan fingerprint density at radius 3 is 2.77 bits per heavy atom. The van der Waals surface area contributed by atoms with Crippen LogP contribution in [0.1, 0.15) is 28.2 Å². The van der Waals surface area contributed by atoms with E-state index >= 15 is 0 Å². The van der Waals surface area contributed by atoms with Crippen LogP contribution in [0.2, 0.25) is 0 Å². The summed E-state index contributed by atoms with van der Waals surface area (Å²) in [5, 5.41) is 3.18. The van der Waals surface area contributed by atoms with Gasteiger partial charge < -0.3 is 14.5 Å². The SMILES string of the molecule is COC1CCN(CC(=O)Nc2nc(-c3ccco3)c(C(=O)c3ccccn3)s2)CC1. The summed E-state index contributed by atoms with van der Waals surface area (Å²) in [6, 6.07) is 8.61. The zero-order valence-corrected chi connectivity index (χ0v) is 17.4. The fourth-order valence-electron chi connectivity index (χ4n) is 3.39. The van der Waals surface area contributed by atoms with Gasteiger partial charge in [0, 0.05) is 26.4 Å². The number of ketones is 1. The molecule has 8 nitrogen and oxygen atoms in total. The Labute approximate surface area is 177 Å². The van der Waals surface area contributed by atoms with Crippen molar-refractivity contribution in [3.63, 3.8) is 0 Å². The van der Waals surface area contributed by atoms with Crippen molar-refractivity contribution in [3.05, 3.63) is 53.4 Å². The van der Waals surface area contributed by atoms with Gasteiger partial charge in [0.2, 0.25) is 11.7 Å². The van der Waals surface area contributed by atoms with E-state index in [-0.39, 0.29) is 24.3 Å². The number of carbonyl (C=O) groups is 2. The second-order valence-electron chi connectivity index (χ2n) is 6.98. The van der Waals surface area contributed by atoms with Gasteiger partial charge in [-0.15, -0.1) is 0 Å². The van der Waals surface area contributed by atoms with Crippen LogP contribution in [0.15, 0.2) is 47.2 Å². The first kappa shape index (κ1) is 20.4. The Kier molecular flexibility index (Phi) is 6.32. The molecule has 1 fully saturated rings. The van der Waals surface area contributed by atoms with Crippen molar-refractivity contribution in [3.8, 4) is 11.5 Å². The molecule has 0 radical (unpaired) electrons. The molecule has 0 bridgehead atoms. The maximum Gasteiger partial charge on any atom is 0.240 e. The average molecular weight is 426 g/mol. The first-order valence-electron chi connectivity index (χ1n) is 9.69. The number of piperidine rings is 1. The summed E-state index contributed by atoms with van der Waals surface area (Å²) >= 11 is 1.12. The number of rotatable bonds is 7. The third-order valence-electron chi connectivity index (χ3n) is 4.97. The molecule has 4 heterocycles. The topological polar surface area (TPSA) is 97.6 Å². The van der Waals surface area contributed by atoms with Crippen LogP contribution in [0.3, 0.4) is 0 Å². The number of hydrogen-bond donors (Lipinski definition) is 1. The molecule has 0 aromatic carbocycles. The first-order chi connectivity index (χ1) is 14.6. The highest BCUT2D eigenvalue weighted by molar-refractivity contribution is 7.18. The van der Waals surface area contributed by atoms with E-state index < -0.39 is 0 Å². The Morgan fingerprint density at radius 1 is 1.27 bits per heavy atom. The number of methoxy groups -OCH3 is 1. The number of carbonyl (C=O) groups excluding carboxylic acids is 2. The molecular formula is C21H22N4O4S. The summed E-state index contributed by atoms with van der Waals surface area (Å²) in [5.41, 5.74) is 0.713. The van der Waals surface area contributed by atoms with Crippen molar-refractivity contribution in [1.82, 2.24) is 14.9 Å². The minimum absolute atomic E-state index is 0.164. The van der Waals surface area contributed by atoms with Crippen molar-refractivity contribution in [1.29, 1.82) is 0 Å². The Balaban J connectivity index is 1.50. The van der Waals surface area contributed by atoms with E-state index in [2.05, 4.69) is 20.2 Å². The lowest BCUT2D eigenvalue weighted by Crippen LogP contribution is -2.41. The predicted molar refractivity (Wildman–Crippen MR) is 113 cm³/mol. The Morgan fingerprint density at radius 2 is 2.10 bits per heavy atom. The number of anilines is 1. The Bertz CT molecular complexity index is 995. The molecule has 1 saturated heterocycles. The minimum Gasteiger partial charge on any atom is -0.463 e. The number of likely N-dealkylation sites (tertiary alicyclic amines) is 1. The van der Waals surface area contributed by atoms with Crippen LogP contribution >= 0.6 is 11.3 Å². The second-order valence-corrected chi connectivity index (χ2v) is 7.98. The number of nitrogens with one attached hydrogen (secondary N) is 1. The maximum absolute atomic E-state index is 13.0. The summed E-state index contributed by atoms with van der Waals surface area (Å²) in [6.07, 6.45) is 5.17. The van der Waals surface area contributed by atoms with E-state index in [0.717, 1.165) is 37.3 Å². The van der Waals surface area contributed by atoms with Crippen molar-refractivity contribution < 1.29 is 18.7 Å². The van der Waals surface area contributed by atoms with E-state index in [0.29, 0.717) is 27.2 Å². The largest absolute Gasteiger partial charge is 0.463 e. The maximum atomic E-state index is 13.0. The molecule has 0 saturated carbocycles. The molecule has 0 aliphatic carbocycles. The molecular weight excluding hydrogens is 404 g/mol. The number of amides is 1. The number of thiazole rings is 1. The second kappa shape index (κ2) is 9.29. The van der Waals surface area contributed by atoms with Gasteiger partial charge in [0.25, 0.3) is 0 Å². The van der Waals surface area contributed by atoms with Gasteiger partial charge in [-0.1, -0.05) is 17.4 Å². The first-order valence-corrected chi connectivity index (χ1v) is 10.5. The van der Waals surface area contributed by atoms with Crippen molar-refractivity contribution in [2.45, 2.75) is 18.9 Å². The minimum atomic E-state index is -0.262. The van der Waals surface area contributed by atoms with E-state index in [1.165, 1.54) is 6.26 Å². The summed E-state index contributed by atoms with van der Waals surface area (Å²) in [4.78, 5) is 36.6. The summed E-state index contributed by atoms with van der Waals surface area (Å²) in [5.74, 6) is 0.0387. The highest BCUT2D eigenvalue weighted by atomic mass is 32.1. The highest BCUT2D eigenvalue weighted by Crippen LogP contribution is 2.33. The number of nitrogens with zero attached hydrogens (tertiary/aromatic N) is 3. The fraction of sp³-hybridized carbons (Fsp3) is 0.333. The standard InChI is InChI=1S/C21H22N4O4S/c1-28-14-7-10-25(11-8-14)13-17(26)23-21-24-18(16-6-4-12-29-16)20(30-21)19(27)15-5-2-3-9-22-15/h2-6,9,12,14H,7-8,10-11,13H2,1H3,(H,23,24,26). The Hall–Kier alpha value is -2.88. The van der Waals surface area contributed by atoms with Crippen LogP contribution < -0.4 is 5.32 Å². The third kappa shape index (κ3) is 4.64. The van der Waals surface area contributed by atoms with Crippen LogP contribution in [-0.4, -0.2) is 59.4 Å². The lowest BCUT2D eigenvalue weighted by atomic mass is 10.1. The van der Waals surface area contributed by atoms with Gasteiger partial charge in [0.15, 0.2) is 10.9 Å². The molecule has 3 aromatic heterocycles. The van der Waals surface area contributed by atoms with Gasteiger partial charge in [0.05, 0.1) is 18.9 Å². The molecule has 30 heavy (non-hydrogen) atoms. The smallest absolute Gasteiger partial charge is 0.240 e. The van der Waals surface area contributed by atoms with Gasteiger partial charge >= 0.3 is 0 Å². The van der Waals surface area contributed by atoms with Gasteiger partial charge in [-0.05, 0) is 37.1 Å². The number of furan rings is 1. The predicted octanol–water partition coefficient (Wildman–Crippen LogP) is 3.08. The highest BCUT2D eigenvalue weighted by Gasteiger charge is 2.25. The molecule has 3 aromatic rings.